The number of hydrogen-bond donors (Lipinski definition) is 2. The lowest BCUT2D eigenvalue weighted by atomic mass is 10.1. The minimum Gasteiger partial charge on any atom is -0.354 e. The van der Waals surface area contributed by atoms with Crippen LogP contribution in [0.15, 0.2) is 24.3 Å². The maximum Gasteiger partial charge on any atom is 0.269 e. The van der Waals surface area contributed by atoms with Gasteiger partial charge in [0.15, 0.2) is 0 Å². The first-order valence-corrected chi connectivity index (χ1v) is 6.25. The van der Waals surface area contributed by atoms with Gasteiger partial charge >= 0.3 is 0 Å². The number of rotatable bonds is 5. The summed E-state index contributed by atoms with van der Waals surface area (Å²) in [6, 6.07) is 5.69. The molecule has 102 valence electrons. The average molecular weight is 264 g/mol. The normalized spacial score (nSPS) is 20.6. The van der Waals surface area contributed by atoms with Crippen LogP contribution in [0.3, 0.4) is 0 Å². The molecule has 6 heteroatoms. The van der Waals surface area contributed by atoms with E-state index in [1.54, 1.807) is 12.1 Å². The van der Waals surface area contributed by atoms with Gasteiger partial charge in [-0.05, 0) is 31.3 Å². The first-order valence-electron chi connectivity index (χ1n) is 6.83. The number of carbonyl (C=O) groups is 1. The Morgan fingerprint density at radius 1 is 1.53 bits per heavy atom. The second-order valence-corrected chi connectivity index (χ2v) is 4.45. The number of carbonyl (C=O) groups excluding carboxylic acids is 1. The SMILES string of the molecule is [2H]C(CNC(=O)C1CCCN1)c1ccc([N+](=O)[O-])cc1. The molecule has 1 aromatic carbocycles. The van der Waals surface area contributed by atoms with Crippen LogP contribution in [0.5, 0.6) is 0 Å². The molecule has 2 unspecified atom stereocenters. The molecule has 1 aliphatic rings. The Morgan fingerprint density at radius 3 is 2.84 bits per heavy atom. The second kappa shape index (κ2) is 6.29. The zero-order valence-electron chi connectivity index (χ0n) is 11.5. The summed E-state index contributed by atoms with van der Waals surface area (Å²) in [6.45, 7) is 1.06. The maximum absolute atomic E-state index is 11.8. The van der Waals surface area contributed by atoms with Gasteiger partial charge in [0, 0.05) is 20.0 Å². The predicted octanol–water partition coefficient (Wildman–Crippen LogP) is 1.01. The first-order chi connectivity index (χ1) is 9.58. The fraction of sp³-hybridized carbons (Fsp3) is 0.462. The molecule has 1 fully saturated rings. The Balaban J connectivity index is 1.86. The summed E-state index contributed by atoms with van der Waals surface area (Å²) in [5.74, 6) is -0.0818. The molecule has 1 amide bonds. The van der Waals surface area contributed by atoms with Crippen LogP contribution in [0.25, 0.3) is 0 Å². The highest BCUT2D eigenvalue weighted by Crippen LogP contribution is 2.12. The number of benzene rings is 1. The molecule has 0 aliphatic carbocycles. The largest absolute Gasteiger partial charge is 0.354 e. The quantitative estimate of drug-likeness (QED) is 0.614. The summed E-state index contributed by atoms with van der Waals surface area (Å²) < 4.78 is 7.95. The van der Waals surface area contributed by atoms with E-state index in [1.807, 2.05) is 0 Å². The molecular weight excluding hydrogens is 246 g/mol. The molecule has 6 nitrogen and oxygen atoms in total. The number of hydrogen-bond acceptors (Lipinski definition) is 4. The van der Waals surface area contributed by atoms with Crippen molar-refractivity contribution in [2.75, 3.05) is 13.1 Å². The van der Waals surface area contributed by atoms with Crippen molar-refractivity contribution in [2.45, 2.75) is 25.3 Å². The van der Waals surface area contributed by atoms with Gasteiger partial charge in [0.2, 0.25) is 5.91 Å². The van der Waals surface area contributed by atoms with Crippen LogP contribution >= 0.6 is 0 Å². The van der Waals surface area contributed by atoms with E-state index < -0.39 is 11.3 Å². The van der Waals surface area contributed by atoms with Gasteiger partial charge in [0.05, 0.1) is 11.0 Å². The van der Waals surface area contributed by atoms with Crippen LogP contribution in [0.2, 0.25) is 0 Å². The van der Waals surface area contributed by atoms with Gasteiger partial charge in [-0.1, -0.05) is 12.1 Å². The number of nitrogens with one attached hydrogen (secondary N) is 2. The number of nitro benzene ring substituents is 1. The number of amides is 1. The van der Waals surface area contributed by atoms with Crippen molar-refractivity contribution in [3.8, 4) is 0 Å². The standard InChI is InChI=1S/C13H17N3O3/c17-13(12-2-1-8-14-12)15-9-7-10-3-5-11(6-4-10)16(18)19/h3-6,12,14H,1-2,7-9H2,(H,15,17)/i7D. The Bertz CT molecular complexity index is 486. The van der Waals surface area contributed by atoms with Crippen molar-refractivity contribution in [3.05, 3.63) is 39.9 Å². The van der Waals surface area contributed by atoms with Crippen molar-refractivity contribution in [2.24, 2.45) is 0 Å². The minimum atomic E-state index is -0.624. The minimum absolute atomic E-state index is 0.000131. The zero-order chi connectivity index (χ0) is 14.5. The Hall–Kier alpha value is -1.95. The highest BCUT2D eigenvalue weighted by molar-refractivity contribution is 5.81. The van der Waals surface area contributed by atoms with Gasteiger partial charge in [-0.3, -0.25) is 14.9 Å². The van der Waals surface area contributed by atoms with Gasteiger partial charge in [-0.2, -0.15) is 0 Å². The lowest BCUT2D eigenvalue weighted by molar-refractivity contribution is -0.384. The Morgan fingerprint density at radius 2 is 2.26 bits per heavy atom. The summed E-state index contributed by atoms with van der Waals surface area (Å²) in [4.78, 5) is 21.8. The summed E-state index contributed by atoms with van der Waals surface area (Å²) in [6.07, 6.45) is 1.19. The molecular formula is C13H17N3O3. The lowest BCUT2D eigenvalue weighted by Gasteiger charge is -2.10. The van der Waals surface area contributed by atoms with E-state index >= 15 is 0 Å². The topological polar surface area (TPSA) is 84.3 Å². The van der Waals surface area contributed by atoms with E-state index in [1.165, 1.54) is 12.1 Å². The van der Waals surface area contributed by atoms with Crippen LogP contribution in [0, 0.1) is 10.1 Å². The molecule has 1 saturated heterocycles. The van der Waals surface area contributed by atoms with E-state index in [0.29, 0.717) is 5.56 Å². The molecule has 2 N–H and O–H groups in total. The van der Waals surface area contributed by atoms with Crippen molar-refractivity contribution < 1.29 is 11.1 Å². The molecule has 2 rings (SSSR count). The van der Waals surface area contributed by atoms with E-state index in [9.17, 15) is 14.9 Å². The van der Waals surface area contributed by atoms with Crippen molar-refractivity contribution in [1.82, 2.24) is 10.6 Å². The van der Waals surface area contributed by atoms with Crippen LogP contribution in [0.4, 0.5) is 5.69 Å². The Kier molecular flexibility index (Phi) is 4.00. The summed E-state index contributed by atoms with van der Waals surface area (Å²) in [7, 11) is 0. The van der Waals surface area contributed by atoms with E-state index in [2.05, 4.69) is 10.6 Å². The van der Waals surface area contributed by atoms with Gasteiger partial charge in [-0.15, -0.1) is 0 Å². The van der Waals surface area contributed by atoms with Crippen molar-refractivity contribution in [1.29, 1.82) is 0 Å². The highest BCUT2D eigenvalue weighted by atomic mass is 16.6. The summed E-state index contributed by atoms with van der Waals surface area (Å²) in [5.41, 5.74) is 0.649. The molecule has 0 radical (unpaired) electrons. The molecule has 1 aromatic rings. The van der Waals surface area contributed by atoms with Crippen molar-refractivity contribution >= 4 is 11.6 Å². The van der Waals surface area contributed by atoms with Gasteiger partial charge in [-0.25, -0.2) is 0 Å². The molecule has 1 aliphatic heterocycles. The molecule has 0 bridgehead atoms. The molecule has 1 heterocycles. The number of non-ortho nitro benzene ring substituents is 1. The van der Waals surface area contributed by atoms with Gasteiger partial charge in [0.25, 0.3) is 5.69 Å². The van der Waals surface area contributed by atoms with Crippen LogP contribution in [-0.2, 0) is 11.2 Å². The molecule has 0 saturated carbocycles. The molecule has 19 heavy (non-hydrogen) atoms. The van der Waals surface area contributed by atoms with Crippen LogP contribution in [0.1, 0.15) is 19.8 Å². The van der Waals surface area contributed by atoms with E-state index in [0.717, 1.165) is 19.4 Å². The third-order valence-corrected chi connectivity index (χ3v) is 3.09. The fourth-order valence-electron chi connectivity index (χ4n) is 2.03. The molecule has 0 spiro atoms. The third kappa shape index (κ3) is 3.75. The van der Waals surface area contributed by atoms with Gasteiger partial charge < -0.3 is 10.6 Å². The van der Waals surface area contributed by atoms with Gasteiger partial charge in [0.1, 0.15) is 0 Å². The van der Waals surface area contributed by atoms with Crippen LogP contribution in [-0.4, -0.2) is 30.0 Å². The number of nitro groups is 1. The third-order valence-electron chi connectivity index (χ3n) is 3.09. The fourth-order valence-corrected chi connectivity index (χ4v) is 2.03. The smallest absolute Gasteiger partial charge is 0.269 e. The summed E-state index contributed by atoms with van der Waals surface area (Å²) >= 11 is 0. The average Bonchev–Trinajstić information content (AvgIpc) is 2.98. The lowest BCUT2D eigenvalue weighted by Crippen LogP contribution is -2.41. The predicted molar refractivity (Wildman–Crippen MR) is 70.8 cm³/mol. The Labute approximate surface area is 112 Å². The zero-order valence-corrected chi connectivity index (χ0v) is 10.5. The molecule has 2 atom stereocenters. The highest BCUT2D eigenvalue weighted by Gasteiger charge is 2.21. The maximum atomic E-state index is 11.8. The second-order valence-electron chi connectivity index (χ2n) is 4.45. The van der Waals surface area contributed by atoms with Crippen molar-refractivity contribution in [3.63, 3.8) is 0 Å². The first kappa shape index (κ1) is 12.1. The number of nitrogens with zero attached hydrogens (tertiary/aromatic N) is 1. The molecule has 0 aromatic heterocycles. The summed E-state index contributed by atoms with van der Waals surface area (Å²) in [5, 5.41) is 16.4. The monoisotopic (exact) mass is 264 g/mol. The van der Waals surface area contributed by atoms with E-state index in [4.69, 9.17) is 1.37 Å². The van der Waals surface area contributed by atoms with E-state index in [-0.39, 0.29) is 24.2 Å². The van der Waals surface area contributed by atoms with Crippen LogP contribution < -0.4 is 10.6 Å².